The van der Waals surface area contributed by atoms with Gasteiger partial charge < -0.3 is 10.1 Å². The molecule has 0 aromatic carbocycles. The molecule has 1 atom stereocenters. The van der Waals surface area contributed by atoms with Gasteiger partial charge in [-0.15, -0.1) is 0 Å². The van der Waals surface area contributed by atoms with E-state index in [1.54, 1.807) is 6.92 Å². The van der Waals surface area contributed by atoms with E-state index in [0.717, 1.165) is 26.2 Å². The largest absolute Gasteiger partial charge is 0.381 e. The Hall–Kier alpha value is -0.570. The summed E-state index contributed by atoms with van der Waals surface area (Å²) < 4.78 is 5.26. The molecule has 1 rings (SSSR count). The van der Waals surface area contributed by atoms with Crippen molar-refractivity contribution in [2.24, 2.45) is 5.92 Å². The van der Waals surface area contributed by atoms with Crippen LogP contribution in [-0.2, 0) is 9.53 Å². The summed E-state index contributed by atoms with van der Waals surface area (Å²) in [7, 11) is 0. The van der Waals surface area contributed by atoms with Gasteiger partial charge in [-0.2, -0.15) is 0 Å². The molecule has 1 aliphatic rings. The minimum absolute atomic E-state index is 0. The Labute approximate surface area is 68.6 Å². The zero-order chi connectivity index (χ0) is 8.10. The number of rotatable bonds is 2. The average molecular weight is 159 g/mol. The van der Waals surface area contributed by atoms with Crippen LogP contribution >= 0.6 is 0 Å². The third kappa shape index (κ3) is 3.37. The first-order valence-electron chi connectivity index (χ1n) is 4.11. The second-order valence-electron chi connectivity index (χ2n) is 3.02. The van der Waals surface area contributed by atoms with E-state index in [0.29, 0.717) is 5.92 Å². The van der Waals surface area contributed by atoms with E-state index < -0.39 is 0 Å². The van der Waals surface area contributed by atoms with Crippen molar-refractivity contribution < 1.29 is 11.0 Å². The molecule has 66 valence electrons. The molecular weight excluding hydrogens is 142 g/mol. The zero-order valence-electron chi connectivity index (χ0n) is 6.93. The minimum atomic E-state index is 0. The van der Waals surface area contributed by atoms with Crippen LogP contribution in [0, 0.1) is 5.92 Å². The van der Waals surface area contributed by atoms with Crippen molar-refractivity contribution in [3.63, 3.8) is 0 Å². The normalized spacial score (nSPS) is 24.6. The molecule has 1 aliphatic heterocycles. The van der Waals surface area contributed by atoms with E-state index in [4.69, 9.17) is 4.74 Å². The highest BCUT2D eigenvalue weighted by molar-refractivity contribution is 5.72. The van der Waals surface area contributed by atoms with Crippen molar-refractivity contribution in [1.82, 2.24) is 5.32 Å². The maximum atomic E-state index is 10.5. The fourth-order valence-electron chi connectivity index (χ4n) is 1.26. The number of carbonyl (C=O) groups excluding carboxylic acids is 1. The molecule has 1 saturated heterocycles. The van der Waals surface area contributed by atoms with Crippen molar-refractivity contribution in [1.29, 1.82) is 0 Å². The monoisotopic (exact) mass is 159 g/mol. The van der Waals surface area contributed by atoms with Gasteiger partial charge in [0.25, 0.3) is 0 Å². The highest BCUT2D eigenvalue weighted by atomic mass is 16.5. The lowest BCUT2D eigenvalue weighted by Gasteiger charge is -2.21. The van der Waals surface area contributed by atoms with Crippen LogP contribution in [0.25, 0.3) is 0 Å². The fraction of sp³-hybridized carbons (Fsp3) is 0.875. The van der Waals surface area contributed by atoms with Gasteiger partial charge in [0.05, 0.1) is 6.61 Å². The Balaban J connectivity index is 0.00000121. The number of hydrogen-bond acceptors (Lipinski definition) is 2. The standard InChI is InChI=1S/C8H15NO2.H2/c1-7(10)9-5-8-3-2-4-11-6-8;/h8H,2-6H2,1H3,(H,9,10);1H. The Morgan fingerprint density at radius 2 is 2.64 bits per heavy atom. The van der Waals surface area contributed by atoms with Gasteiger partial charge in [-0.05, 0) is 18.8 Å². The van der Waals surface area contributed by atoms with E-state index in [2.05, 4.69) is 5.32 Å². The lowest BCUT2D eigenvalue weighted by molar-refractivity contribution is -0.119. The molecule has 0 aromatic heterocycles. The van der Waals surface area contributed by atoms with Gasteiger partial charge in [-0.25, -0.2) is 0 Å². The van der Waals surface area contributed by atoms with Crippen LogP contribution in [0.2, 0.25) is 0 Å². The van der Waals surface area contributed by atoms with Crippen molar-refractivity contribution in [3.8, 4) is 0 Å². The molecule has 0 radical (unpaired) electrons. The molecule has 1 fully saturated rings. The molecule has 1 heterocycles. The summed E-state index contributed by atoms with van der Waals surface area (Å²) in [4.78, 5) is 10.5. The van der Waals surface area contributed by atoms with Crippen molar-refractivity contribution >= 4 is 5.91 Å². The third-order valence-corrected chi connectivity index (χ3v) is 1.89. The van der Waals surface area contributed by atoms with E-state index >= 15 is 0 Å². The molecule has 1 N–H and O–H groups in total. The lowest BCUT2D eigenvalue weighted by atomic mass is 10.0. The highest BCUT2D eigenvalue weighted by Gasteiger charge is 2.13. The number of ether oxygens (including phenoxy) is 1. The Morgan fingerprint density at radius 1 is 1.82 bits per heavy atom. The van der Waals surface area contributed by atoms with Crippen molar-refractivity contribution in [3.05, 3.63) is 0 Å². The highest BCUT2D eigenvalue weighted by Crippen LogP contribution is 2.11. The lowest BCUT2D eigenvalue weighted by Crippen LogP contribution is -2.31. The average Bonchev–Trinajstić information content (AvgIpc) is 2.03. The topological polar surface area (TPSA) is 38.3 Å². The Bertz CT molecular complexity index is 135. The smallest absolute Gasteiger partial charge is 0.216 e. The van der Waals surface area contributed by atoms with Crippen molar-refractivity contribution in [2.45, 2.75) is 19.8 Å². The van der Waals surface area contributed by atoms with E-state index in [-0.39, 0.29) is 7.33 Å². The molecule has 0 bridgehead atoms. The fourth-order valence-corrected chi connectivity index (χ4v) is 1.26. The summed E-state index contributed by atoms with van der Waals surface area (Å²) in [6.45, 7) is 4.01. The van der Waals surface area contributed by atoms with E-state index in [9.17, 15) is 4.79 Å². The third-order valence-electron chi connectivity index (χ3n) is 1.89. The van der Waals surface area contributed by atoms with Crippen LogP contribution in [0.3, 0.4) is 0 Å². The van der Waals surface area contributed by atoms with Gasteiger partial charge in [-0.3, -0.25) is 4.79 Å². The van der Waals surface area contributed by atoms with Crippen LogP contribution in [0.15, 0.2) is 0 Å². The van der Waals surface area contributed by atoms with Gasteiger partial charge in [0.2, 0.25) is 5.91 Å². The second kappa shape index (κ2) is 4.34. The van der Waals surface area contributed by atoms with Crippen LogP contribution < -0.4 is 5.32 Å². The summed E-state index contributed by atoms with van der Waals surface area (Å²) in [5, 5.41) is 2.80. The number of carbonyl (C=O) groups is 1. The summed E-state index contributed by atoms with van der Waals surface area (Å²) in [6.07, 6.45) is 2.31. The molecule has 1 amide bonds. The van der Waals surface area contributed by atoms with Gasteiger partial charge in [0, 0.05) is 21.5 Å². The maximum Gasteiger partial charge on any atom is 0.216 e. The van der Waals surface area contributed by atoms with Gasteiger partial charge in [-0.1, -0.05) is 0 Å². The molecule has 0 aliphatic carbocycles. The molecule has 0 saturated carbocycles. The summed E-state index contributed by atoms with van der Waals surface area (Å²) in [5.74, 6) is 0.586. The Morgan fingerprint density at radius 3 is 3.18 bits per heavy atom. The van der Waals surface area contributed by atoms with Gasteiger partial charge >= 0.3 is 0 Å². The predicted octanol–water partition coefficient (Wildman–Crippen LogP) is 0.795. The first-order valence-corrected chi connectivity index (χ1v) is 4.11. The van der Waals surface area contributed by atoms with Gasteiger partial charge in [0.1, 0.15) is 0 Å². The number of nitrogens with one attached hydrogen (secondary N) is 1. The first-order chi connectivity index (χ1) is 5.29. The van der Waals surface area contributed by atoms with Crippen LogP contribution in [-0.4, -0.2) is 25.7 Å². The SMILES string of the molecule is CC(=O)NCC1CCCOC1.[HH]. The van der Waals surface area contributed by atoms with Crippen LogP contribution in [0.4, 0.5) is 0 Å². The minimum Gasteiger partial charge on any atom is -0.381 e. The Kier molecular flexibility index (Phi) is 3.36. The van der Waals surface area contributed by atoms with E-state index in [1.807, 2.05) is 0 Å². The molecule has 3 nitrogen and oxygen atoms in total. The molecular formula is C8H17NO2. The summed E-state index contributed by atoms with van der Waals surface area (Å²) in [5.41, 5.74) is 0. The second-order valence-corrected chi connectivity index (χ2v) is 3.02. The molecule has 11 heavy (non-hydrogen) atoms. The number of hydrogen-bond donors (Lipinski definition) is 1. The molecule has 0 spiro atoms. The molecule has 3 heteroatoms. The van der Waals surface area contributed by atoms with E-state index in [1.165, 1.54) is 6.42 Å². The first kappa shape index (κ1) is 8.53. The number of amides is 1. The zero-order valence-corrected chi connectivity index (χ0v) is 6.93. The molecule has 1 unspecified atom stereocenters. The summed E-state index contributed by atoms with van der Waals surface area (Å²) >= 11 is 0. The van der Waals surface area contributed by atoms with Gasteiger partial charge in [0.15, 0.2) is 0 Å². The predicted molar refractivity (Wildman–Crippen MR) is 44.3 cm³/mol. The quantitative estimate of drug-likeness (QED) is 0.647. The molecule has 0 aromatic rings. The van der Waals surface area contributed by atoms with Crippen molar-refractivity contribution in [2.75, 3.05) is 19.8 Å². The van der Waals surface area contributed by atoms with Crippen LogP contribution in [0.5, 0.6) is 0 Å². The van der Waals surface area contributed by atoms with Crippen LogP contribution in [0.1, 0.15) is 21.2 Å². The summed E-state index contributed by atoms with van der Waals surface area (Å²) in [6, 6.07) is 0. The maximum absolute atomic E-state index is 10.5.